The molecule has 1 saturated heterocycles. The Bertz CT molecular complexity index is 157. The minimum Gasteiger partial charge on any atom is -0.375 e. The Morgan fingerprint density at radius 1 is 1.15 bits per heavy atom. The largest absolute Gasteiger partial charge is 0.375 e. The van der Waals surface area contributed by atoms with Crippen LogP contribution in [0.25, 0.3) is 0 Å². The van der Waals surface area contributed by atoms with Crippen LogP contribution in [0.5, 0.6) is 0 Å². The lowest BCUT2D eigenvalue weighted by Gasteiger charge is -2.36. The van der Waals surface area contributed by atoms with Crippen molar-refractivity contribution in [3.05, 3.63) is 0 Å². The summed E-state index contributed by atoms with van der Waals surface area (Å²) in [6.07, 6.45) is 4.73. The molecule has 13 heavy (non-hydrogen) atoms. The van der Waals surface area contributed by atoms with Crippen LogP contribution >= 0.6 is 0 Å². The molecule has 0 amide bonds. The van der Waals surface area contributed by atoms with E-state index in [-0.39, 0.29) is 0 Å². The minimum atomic E-state index is 0.399. The van der Waals surface area contributed by atoms with Crippen molar-refractivity contribution in [3.8, 4) is 0 Å². The van der Waals surface area contributed by atoms with Crippen LogP contribution in [0.4, 0.5) is 0 Å². The molecule has 0 unspecified atom stereocenters. The summed E-state index contributed by atoms with van der Waals surface area (Å²) in [5.41, 5.74) is 0.399. The molecule has 0 bridgehead atoms. The van der Waals surface area contributed by atoms with Gasteiger partial charge in [0.15, 0.2) is 0 Å². The van der Waals surface area contributed by atoms with Crippen molar-refractivity contribution in [1.82, 2.24) is 0 Å². The molecule has 3 atom stereocenters. The Morgan fingerprint density at radius 2 is 1.77 bits per heavy atom. The molecule has 78 valence electrons. The monoisotopic (exact) mass is 184 g/mol. The summed E-state index contributed by atoms with van der Waals surface area (Å²) in [6.45, 7) is 11.4. The zero-order chi connectivity index (χ0) is 10.1. The highest BCUT2D eigenvalue weighted by Crippen LogP contribution is 2.32. The van der Waals surface area contributed by atoms with E-state index in [1.807, 2.05) is 0 Å². The summed E-state index contributed by atoms with van der Waals surface area (Å²) in [5.74, 6) is 0.746. The Kier molecular flexibility index (Phi) is 3.39. The van der Waals surface area contributed by atoms with E-state index in [9.17, 15) is 0 Å². The van der Waals surface area contributed by atoms with Gasteiger partial charge >= 0.3 is 0 Å². The standard InChI is InChI=1S/C12H24O/c1-9-6-7-10(2)13-11(9)8-12(3,4)5/h9-11H,6-8H2,1-5H3/t9-,10-,11+/m0/s1. The van der Waals surface area contributed by atoms with Crippen molar-refractivity contribution in [3.63, 3.8) is 0 Å². The number of hydrogen-bond donors (Lipinski definition) is 0. The lowest BCUT2D eigenvalue weighted by Crippen LogP contribution is -2.35. The van der Waals surface area contributed by atoms with E-state index in [0.717, 1.165) is 5.92 Å². The number of rotatable bonds is 1. The van der Waals surface area contributed by atoms with Gasteiger partial charge in [0.2, 0.25) is 0 Å². The first-order chi connectivity index (χ1) is 5.88. The Hall–Kier alpha value is -0.0400. The summed E-state index contributed by atoms with van der Waals surface area (Å²) in [7, 11) is 0. The highest BCUT2D eigenvalue weighted by atomic mass is 16.5. The highest BCUT2D eigenvalue weighted by molar-refractivity contribution is 4.78. The molecule has 0 aromatic rings. The molecule has 0 saturated carbocycles. The number of ether oxygens (including phenoxy) is 1. The molecule has 0 N–H and O–H groups in total. The average Bonchev–Trinajstić information content (AvgIpc) is 1.94. The quantitative estimate of drug-likeness (QED) is 0.604. The maximum atomic E-state index is 5.97. The predicted molar refractivity (Wildman–Crippen MR) is 56.8 cm³/mol. The van der Waals surface area contributed by atoms with Crippen LogP contribution in [0.15, 0.2) is 0 Å². The van der Waals surface area contributed by atoms with Crippen LogP contribution in [-0.2, 0) is 4.74 Å². The Labute approximate surface area is 82.9 Å². The second-order valence-corrected chi connectivity index (χ2v) is 5.80. The number of hydrogen-bond acceptors (Lipinski definition) is 1. The second-order valence-electron chi connectivity index (χ2n) is 5.80. The lowest BCUT2D eigenvalue weighted by atomic mass is 9.82. The Balaban J connectivity index is 2.47. The third-order valence-electron chi connectivity index (χ3n) is 2.88. The fraction of sp³-hybridized carbons (Fsp3) is 1.00. The molecule has 0 radical (unpaired) electrons. The maximum Gasteiger partial charge on any atom is 0.0609 e. The molecule has 0 aromatic heterocycles. The first-order valence-corrected chi connectivity index (χ1v) is 5.54. The summed E-state index contributed by atoms with van der Waals surface area (Å²) < 4.78 is 5.97. The van der Waals surface area contributed by atoms with Gasteiger partial charge in [-0.2, -0.15) is 0 Å². The van der Waals surface area contributed by atoms with Gasteiger partial charge in [0.1, 0.15) is 0 Å². The van der Waals surface area contributed by atoms with Gasteiger partial charge in [-0.15, -0.1) is 0 Å². The van der Waals surface area contributed by atoms with E-state index in [2.05, 4.69) is 34.6 Å². The van der Waals surface area contributed by atoms with E-state index in [1.54, 1.807) is 0 Å². The van der Waals surface area contributed by atoms with Crippen LogP contribution in [0.3, 0.4) is 0 Å². The zero-order valence-electron chi connectivity index (χ0n) is 9.76. The highest BCUT2D eigenvalue weighted by Gasteiger charge is 2.29. The predicted octanol–water partition coefficient (Wildman–Crippen LogP) is 3.63. The topological polar surface area (TPSA) is 9.23 Å². The van der Waals surface area contributed by atoms with Crippen LogP contribution in [0, 0.1) is 11.3 Å². The molecule has 1 heteroatoms. The van der Waals surface area contributed by atoms with Crippen LogP contribution in [0.2, 0.25) is 0 Å². The SMILES string of the molecule is C[C@H]1CC[C@H](C)[C@@H](CC(C)(C)C)O1. The van der Waals surface area contributed by atoms with Gasteiger partial charge in [-0.1, -0.05) is 27.7 Å². The van der Waals surface area contributed by atoms with Crippen molar-refractivity contribution in [1.29, 1.82) is 0 Å². The smallest absolute Gasteiger partial charge is 0.0609 e. The minimum absolute atomic E-state index is 0.399. The first kappa shape index (κ1) is 11.0. The fourth-order valence-electron chi connectivity index (χ4n) is 2.04. The molecular weight excluding hydrogens is 160 g/mol. The van der Waals surface area contributed by atoms with Crippen LogP contribution in [0.1, 0.15) is 53.9 Å². The van der Waals surface area contributed by atoms with Crippen molar-refractivity contribution in [2.45, 2.75) is 66.1 Å². The third-order valence-corrected chi connectivity index (χ3v) is 2.88. The fourth-order valence-corrected chi connectivity index (χ4v) is 2.04. The molecular formula is C12H24O. The first-order valence-electron chi connectivity index (χ1n) is 5.54. The van der Waals surface area contributed by atoms with Gasteiger partial charge in [-0.05, 0) is 37.5 Å². The molecule has 0 spiro atoms. The molecule has 1 rings (SSSR count). The van der Waals surface area contributed by atoms with Gasteiger partial charge in [-0.25, -0.2) is 0 Å². The molecule has 1 fully saturated rings. The van der Waals surface area contributed by atoms with E-state index >= 15 is 0 Å². The maximum absolute atomic E-state index is 5.97. The summed E-state index contributed by atoms with van der Waals surface area (Å²) >= 11 is 0. The van der Waals surface area contributed by atoms with Gasteiger partial charge in [0, 0.05) is 0 Å². The average molecular weight is 184 g/mol. The van der Waals surface area contributed by atoms with Crippen LogP contribution < -0.4 is 0 Å². The van der Waals surface area contributed by atoms with E-state index in [0.29, 0.717) is 17.6 Å². The molecule has 0 aliphatic carbocycles. The summed E-state index contributed by atoms with van der Waals surface area (Å²) in [5, 5.41) is 0. The zero-order valence-corrected chi connectivity index (χ0v) is 9.76. The van der Waals surface area contributed by atoms with Gasteiger partial charge in [0.05, 0.1) is 12.2 Å². The summed E-state index contributed by atoms with van der Waals surface area (Å²) in [6, 6.07) is 0. The van der Waals surface area contributed by atoms with Crippen molar-refractivity contribution < 1.29 is 4.74 Å². The molecule has 1 aliphatic heterocycles. The summed E-state index contributed by atoms with van der Waals surface area (Å²) in [4.78, 5) is 0. The van der Waals surface area contributed by atoms with Gasteiger partial charge in [0.25, 0.3) is 0 Å². The van der Waals surface area contributed by atoms with Crippen molar-refractivity contribution in [2.24, 2.45) is 11.3 Å². The third kappa shape index (κ3) is 3.68. The van der Waals surface area contributed by atoms with Crippen molar-refractivity contribution >= 4 is 0 Å². The van der Waals surface area contributed by atoms with Crippen molar-refractivity contribution in [2.75, 3.05) is 0 Å². The molecule has 1 aliphatic rings. The van der Waals surface area contributed by atoms with Gasteiger partial charge < -0.3 is 4.74 Å². The van der Waals surface area contributed by atoms with Gasteiger partial charge in [-0.3, -0.25) is 0 Å². The van der Waals surface area contributed by atoms with E-state index in [4.69, 9.17) is 4.74 Å². The van der Waals surface area contributed by atoms with E-state index < -0.39 is 0 Å². The normalized spacial score (nSPS) is 36.2. The molecule has 1 heterocycles. The van der Waals surface area contributed by atoms with Crippen LogP contribution in [-0.4, -0.2) is 12.2 Å². The lowest BCUT2D eigenvalue weighted by molar-refractivity contribution is -0.0854. The molecule has 1 nitrogen and oxygen atoms in total. The second kappa shape index (κ2) is 4.00. The van der Waals surface area contributed by atoms with E-state index in [1.165, 1.54) is 19.3 Å². The Morgan fingerprint density at radius 3 is 2.31 bits per heavy atom. The molecule has 0 aromatic carbocycles.